The molecule has 4 nitrogen and oxygen atoms in total. The molecule has 0 aliphatic heterocycles. The number of aromatic nitrogens is 2. The summed E-state index contributed by atoms with van der Waals surface area (Å²) in [5, 5.41) is 8.43. The molecule has 1 rings (SSSR count). The number of nitrogens with zero attached hydrogens (tertiary/aromatic N) is 3. The minimum atomic E-state index is 0.386. The normalized spacial score (nSPS) is 12.3. The van der Waals surface area contributed by atoms with Crippen molar-refractivity contribution in [2.75, 3.05) is 18.5 Å². The van der Waals surface area contributed by atoms with Gasteiger partial charge >= 0.3 is 0 Å². The molecule has 5 heteroatoms. The van der Waals surface area contributed by atoms with Gasteiger partial charge in [0.2, 0.25) is 0 Å². The Hall–Kier alpha value is -1.23. The van der Waals surface area contributed by atoms with Crippen molar-refractivity contribution in [3.05, 3.63) is 16.8 Å². The Morgan fingerprint density at radius 1 is 1.39 bits per heavy atom. The highest BCUT2D eigenvalue weighted by Crippen LogP contribution is 2.22. The van der Waals surface area contributed by atoms with Crippen LogP contribution in [0.15, 0.2) is 0 Å². The van der Waals surface area contributed by atoms with Crippen LogP contribution >= 0.6 is 12.2 Å². The molecule has 0 amide bonds. The first-order chi connectivity index (χ1) is 8.38. The molecule has 1 unspecified atom stereocenters. The summed E-state index contributed by atoms with van der Waals surface area (Å²) < 4.78 is 0. The van der Waals surface area contributed by atoms with Gasteiger partial charge in [-0.1, -0.05) is 32.5 Å². The number of nitrogens with two attached hydrogens (primary N) is 1. The van der Waals surface area contributed by atoms with E-state index in [1.807, 2.05) is 20.9 Å². The predicted molar refractivity (Wildman–Crippen MR) is 80.1 cm³/mol. The van der Waals surface area contributed by atoms with Crippen LogP contribution in [0.1, 0.15) is 37.1 Å². The highest BCUT2D eigenvalue weighted by Gasteiger charge is 2.17. The lowest BCUT2D eigenvalue weighted by molar-refractivity contribution is 0.556. The van der Waals surface area contributed by atoms with Crippen LogP contribution in [-0.2, 0) is 0 Å². The molecule has 0 radical (unpaired) electrons. The Morgan fingerprint density at radius 2 is 2.00 bits per heavy atom. The average molecular weight is 266 g/mol. The van der Waals surface area contributed by atoms with Crippen LogP contribution in [-0.4, -0.2) is 28.8 Å². The summed E-state index contributed by atoms with van der Waals surface area (Å²) >= 11 is 5.14. The maximum atomic E-state index is 5.82. The fraction of sp³-hybridized carbons (Fsp3) is 0.615. The molecule has 0 fully saturated rings. The summed E-state index contributed by atoms with van der Waals surface area (Å²) in [5.41, 5.74) is 8.56. The van der Waals surface area contributed by atoms with Crippen LogP contribution in [0.2, 0.25) is 0 Å². The Bertz CT molecular complexity index is 445. The largest absolute Gasteiger partial charge is 0.389 e. The van der Waals surface area contributed by atoms with E-state index in [2.05, 4.69) is 28.9 Å². The smallest absolute Gasteiger partial charge is 0.161 e. The molecule has 0 aromatic carbocycles. The average Bonchev–Trinajstić information content (AvgIpc) is 2.31. The van der Waals surface area contributed by atoms with Crippen LogP contribution < -0.4 is 10.6 Å². The molecule has 1 atom stereocenters. The quantitative estimate of drug-likeness (QED) is 0.828. The molecule has 0 saturated heterocycles. The van der Waals surface area contributed by atoms with Gasteiger partial charge in [0.15, 0.2) is 5.82 Å². The third-order valence-corrected chi connectivity index (χ3v) is 3.53. The van der Waals surface area contributed by atoms with E-state index in [1.54, 1.807) is 0 Å². The lowest BCUT2D eigenvalue weighted by atomic mass is 10.1. The van der Waals surface area contributed by atoms with E-state index < -0.39 is 0 Å². The van der Waals surface area contributed by atoms with Crippen molar-refractivity contribution in [3.63, 3.8) is 0 Å². The van der Waals surface area contributed by atoms with Crippen LogP contribution in [0.5, 0.6) is 0 Å². The van der Waals surface area contributed by atoms with E-state index >= 15 is 0 Å². The van der Waals surface area contributed by atoms with E-state index in [1.165, 1.54) is 0 Å². The number of thiocarbonyl (C=S) groups is 1. The third-order valence-electron chi connectivity index (χ3n) is 3.33. The minimum absolute atomic E-state index is 0.386. The van der Waals surface area contributed by atoms with E-state index in [9.17, 15) is 0 Å². The summed E-state index contributed by atoms with van der Waals surface area (Å²) in [4.78, 5) is 2.47. The monoisotopic (exact) mass is 266 g/mol. The molecular weight excluding hydrogens is 244 g/mol. The second-order valence-electron chi connectivity index (χ2n) is 4.87. The first-order valence-electron chi connectivity index (χ1n) is 6.23. The first-order valence-corrected chi connectivity index (χ1v) is 6.64. The number of hydrogen-bond acceptors (Lipinski definition) is 4. The SMILES string of the molecule is CCC(C)CN(C)c1nnc(C)c(C)c1C(N)=S. The van der Waals surface area contributed by atoms with Gasteiger partial charge in [-0.3, -0.25) is 0 Å². The summed E-state index contributed by atoms with van der Waals surface area (Å²) in [6, 6.07) is 0. The maximum absolute atomic E-state index is 5.82. The van der Waals surface area contributed by atoms with Gasteiger partial charge in [0, 0.05) is 13.6 Å². The lowest BCUT2D eigenvalue weighted by Gasteiger charge is -2.24. The zero-order valence-corrected chi connectivity index (χ0v) is 12.6. The number of anilines is 1. The van der Waals surface area contributed by atoms with E-state index in [0.717, 1.165) is 35.6 Å². The van der Waals surface area contributed by atoms with Crippen LogP contribution in [0.4, 0.5) is 5.82 Å². The highest BCUT2D eigenvalue weighted by atomic mass is 32.1. The molecule has 18 heavy (non-hydrogen) atoms. The topological polar surface area (TPSA) is 55.0 Å². The molecule has 0 bridgehead atoms. The Kier molecular flexibility index (Phi) is 5.02. The van der Waals surface area contributed by atoms with Crippen molar-refractivity contribution in [1.82, 2.24) is 10.2 Å². The molecule has 100 valence electrons. The standard InChI is InChI=1S/C13H22N4S/c1-6-8(2)7-17(5)13-11(12(14)18)9(3)10(4)15-16-13/h8H,6-7H2,1-5H3,(H2,14,18). The second-order valence-corrected chi connectivity index (χ2v) is 5.31. The molecule has 1 heterocycles. The van der Waals surface area contributed by atoms with Gasteiger partial charge in [0.1, 0.15) is 4.99 Å². The number of rotatable bonds is 5. The highest BCUT2D eigenvalue weighted by molar-refractivity contribution is 7.80. The van der Waals surface area contributed by atoms with Gasteiger partial charge in [0.25, 0.3) is 0 Å². The third kappa shape index (κ3) is 3.16. The van der Waals surface area contributed by atoms with Crippen molar-refractivity contribution in [1.29, 1.82) is 0 Å². The summed E-state index contributed by atoms with van der Waals surface area (Å²) in [5.74, 6) is 1.38. The molecule has 2 N–H and O–H groups in total. The van der Waals surface area contributed by atoms with E-state index in [-0.39, 0.29) is 0 Å². The Morgan fingerprint density at radius 3 is 2.50 bits per heavy atom. The van der Waals surface area contributed by atoms with Crippen molar-refractivity contribution in [3.8, 4) is 0 Å². The molecular formula is C13H22N4S. The van der Waals surface area contributed by atoms with Crippen molar-refractivity contribution < 1.29 is 0 Å². The number of hydrogen-bond donors (Lipinski definition) is 1. The van der Waals surface area contributed by atoms with Crippen molar-refractivity contribution in [2.24, 2.45) is 11.7 Å². The Labute approximate surface area is 115 Å². The lowest BCUT2D eigenvalue weighted by Crippen LogP contribution is -2.28. The van der Waals surface area contributed by atoms with Crippen molar-refractivity contribution >= 4 is 23.0 Å². The summed E-state index contributed by atoms with van der Waals surface area (Å²) in [6.07, 6.45) is 1.13. The van der Waals surface area contributed by atoms with Gasteiger partial charge in [-0.15, -0.1) is 5.10 Å². The molecule has 0 spiro atoms. The van der Waals surface area contributed by atoms with Gasteiger partial charge in [-0.05, 0) is 25.3 Å². The Balaban J connectivity index is 3.16. The number of aryl methyl sites for hydroxylation is 1. The van der Waals surface area contributed by atoms with Crippen LogP contribution in [0.25, 0.3) is 0 Å². The zero-order chi connectivity index (χ0) is 13.9. The summed E-state index contributed by atoms with van der Waals surface area (Å²) in [6.45, 7) is 9.22. The van der Waals surface area contributed by atoms with Gasteiger partial charge < -0.3 is 10.6 Å². The van der Waals surface area contributed by atoms with Gasteiger partial charge in [-0.2, -0.15) is 5.10 Å². The van der Waals surface area contributed by atoms with E-state index in [0.29, 0.717) is 10.9 Å². The first kappa shape index (κ1) is 14.8. The molecule has 0 aliphatic rings. The van der Waals surface area contributed by atoms with Crippen molar-refractivity contribution in [2.45, 2.75) is 34.1 Å². The molecule has 1 aromatic rings. The summed E-state index contributed by atoms with van der Waals surface area (Å²) in [7, 11) is 2.01. The fourth-order valence-electron chi connectivity index (χ4n) is 1.84. The van der Waals surface area contributed by atoms with Crippen LogP contribution in [0, 0.1) is 19.8 Å². The molecule has 0 aliphatic carbocycles. The minimum Gasteiger partial charge on any atom is -0.389 e. The van der Waals surface area contributed by atoms with Gasteiger partial charge in [0.05, 0.1) is 11.3 Å². The van der Waals surface area contributed by atoms with Crippen LogP contribution in [0.3, 0.4) is 0 Å². The van der Waals surface area contributed by atoms with Gasteiger partial charge in [-0.25, -0.2) is 0 Å². The molecule has 1 aromatic heterocycles. The van der Waals surface area contributed by atoms with E-state index in [4.69, 9.17) is 18.0 Å². The predicted octanol–water partition coefficient (Wildman–Crippen LogP) is 2.21. The second kappa shape index (κ2) is 6.09. The fourth-order valence-corrected chi connectivity index (χ4v) is 2.09. The molecule has 0 saturated carbocycles. The maximum Gasteiger partial charge on any atom is 0.161 e. The zero-order valence-electron chi connectivity index (χ0n) is 11.8.